The van der Waals surface area contributed by atoms with Crippen LogP contribution in [0.3, 0.4) is 0 Å². The van der Waals surface area contributed by atoms with Crippen LogP contribution in [-0.2, 0) is 9.53 Å². The molecule has 1 fully saturated rings. The van der Waals surface area contributed by atoms with E-state index in [0.29, 0.717) is 37.2 Å². The van der Waals surface area contributed by atoms with Gasteiger partial charge >= 0.3 is 0 Å². The number of hydrogen-bond acceptors (Lipinski definition) is 7. The van der Waals surface area contributed by atoms with E-state index in [1.807, 2.05) is 24.3 Å². The van der Waals surface area contributed by atoms with E-state index in [1.54, 1.807) is 24.1 Å². The Bertz CT molecular complexity index is 1020. The maximum Gasteiger partial charge on any atom is 0.257 e. The van der Waals surface area contributed by atoms with Crippen molar-refractivity contribution in [3.05, 3.63) is 60.2 Å². The second-order valence-corrected chi connectivity index (χ2v) is 6.94. The van der Waals surface area contributed by atoms with Crippen LogP contribution in [0.15, 0.2) is 53.1 Å². The summed E-state index contributed by atoms with van der Waals surface area (Å²) in [7, 11) is 1.60. The van der Waals surface area contributed by atoms with Crippen molar-refractivity contribution >= 4 is 5.91 Å². The summed E-state index contributed by atoms with van der Waals surface area (Å²) in [6.45, 7) is 1.30. The van der Waals surface area contributed by atoms with Crippen LogP contribution >= 0.6 is 0 Å². The molecule has 0 saturated carbocycles. The van der Waals surface area contributed by atoms with Crippen LogP contribution in [0, 0.1) is 5.82 Å². The van der Waals surface area contributed by atoms with Gasteiger partial charge in [-0.3, -0.25) is 4.79 Å². The zero-order chi connectivity index (χ0) is 21.6. The highest BCUT2D eigenvalue weighted by atomic mass is 19.1. The van der Waals surface area contributed by atoms with E-state index in [4.69, 9.17) is 18.7 Å². The molecule has 9 heteroatoms. The summed E-state index contributed by atoms with van der Waals surface area (Å²) >= 11 is 0. The fourth-order valence-corrected chi connectivity index (χ4v) is 3.22. The van der Waals surface area contributed by atoms with Crippen molar-refractivity contribution in [2.45, 2.75) is 12.5 Å². The lowest BCUT2D eigenvalue weighted by Crippen LogP contribution is -2.42. The quantitative estimate of drug-likeness (QED) is 0.572. The first kappa shape index (κ1) is 20.8. The Morgan fingerprint density at radius 2 is 2.06 bits per heavy atom. The molecule has 2 aromatic carbocycles. The van der Waals surface area contributed by atoms with Crippen LogP contribution in [-0.4, -0.2) is 54.4 Å². The van der Waals surface area contributed by atoms with Crippen LogP contribution in [0.25, 0.3) is 11.4 Å². The Kier molecular flexibility index (Phi) is 6.42. The first-order chi connectivity index (χ1) is 15.1. The third-order valence-electron chi connectivity index (χ3n) is 4.87. The van der Waals surface area contributed by atoms with Gasteiger partial charge in [0.1, 0.15) is 17.3 Å². The number of nitrogens with zero attached hydrogens (tertiary/aromatic N) is 3. The van der Waals surface area contributed by atoms with Crippen LogP contribution in [0.1, 0.15) is 18.4 Å². The molecule has 1 aliphatic heterocycles. The zero-order valence-electron chi connectivity index (χ0n) is 17.0. The minimum Gasteiger partial charge on any atom is -0.497 e. The maximum absolute atomic E-state index is 13.2. The van der Waals surface area contributed by atoms with Crippen molar-refractivity contribution in [3.63, 3.8) is 0 Å². The van der Waals surface area contributed by atoms with Gasteiger partial charge in [-0.2, -0.15) is 4.98 Å². The van der Waals surface area contributed by atoms with Crippen molar-refractivity contribution in [2.24, 2.45) is 0 Å². The lowest BCUT2D eigenvalue weighted by atomic mass is 10.2. The minimum absolute atomic E-state index is 0.0837. The molecule has 1 atom stereocenters. The molecule has 0 radical (unpaired) electrons. The van der Waals surface area contributed by atoms with E-state index < -0.39 is 6.10 Å². The Labute approximate surface area is 178 Å². The molecule has 31 heavy (non-hydrogen) atoms. The number of aromatic nitrogens is 2. The van der Waals surface area contributed by atoms with Gasteiger partial charge in [-0.1, -0.05) is 11.2 Å². The summed E-state index contributed by atoms with van der Waals surface area (Å²) in [5.41, 5.74) is 0.786. The number of carbonyl (C=O) groups is 1. The highest BCUT2D eigenvalue weighted by Gasteiger charge is 2.29. The summed E-state index contributed by atoms with van der Waals surface area (Å²) in [5, 5.41) is 4.02. The lowest BCUT2D eigenvalue weighted by molar-refractivity contribution is -0.140. The summed E-state index contributed by atoms with van der Waals surface area (Å²) in [6, 6.07) is 13.1. The molecule has 162 valence electrons. The van der Waals surface area contributed by atoms with Crippen molar-refractivity contribution < 1.29 is 27.9 Å². The highest BCUT2D eigenvalue weighted by Crippen LogP contribution is 2.25. The van der Waals surface area contributed by atoms with Gasteiger partial charge in [-0.25, -0.2) is 4.39 Å². The molecule has 1 saturated heterocycles. The molecule has 4 rings (SSSR count). The number of rotatable bonds is 7. The number of amides is 1. The summed E-state index contributed by atoms with van der Waals surface area (Å²) < 4.78 is 34.9. The van der Waals surface area contributed by atoms with Crippen molar-refractivity contribution in [1.82, 2.24) is 15.0 Å². The van der Waals surface area contributed by atoms with Crippen LogP contribution in [0.2, 0.25) is 0 Å². The van der Waals surface area contributed by atoms with E-state index >= 15 is 0 Å². The Morgan fingerprint density at radius 3 is 2.84 bits per heavy atom. The summed E-state index contributed by atoms with van der Waals surface area (Å²) in [6.07, 6.45) is -0.328. The molecule has 1 aromatic heterocycles. The molecular weight excluding hydrogens is 405 g/mol. The first-order valence-electron chi connectivity index (χ1n) is 9.88. The van der Waals surface area contributed by atoms with Gasteiger partial charge in [0.05, 0.1) is 33.3 Å². The molecule has 8 nitrogen and oxygen atoms in total. The monoisotopic (exact) mass is 427 g/mol. The lowest BCUT2D eigenvalue weighted by Gasteiger charge is -2.31. The third-order valence-corrected chi connectivity index (χ3v) is 4.87. The second kappa shape index (κ2) is 9.57. The first-order valence-corrected chi connectivity index (χ1v) is 9.88. The molecule has 1 aliphatic rings. The average Bonchev–Trinajstić information content (AvgIpc) is 3.30. The Hall–Kier alpha value is -3.46. The molecule has 1 unspecified atom stereocenters. The molecule has 1 amide bonds. The van der Waals surface area contributed by atoms with Gasteiger partial charge in [0.2, 0.25) is 11.7 Å². The predicted octanol–water partition coefficient (Wildman–Crippen LogP) is 3.25. The number of ether oxygens (including phenoxy) is 3. The number of hydrogen-bond donors (Lipinski definition) is 0. The smallest absolute Gasteiger partial charge is 0.257 e. The summed E-state index contributed by atoms with van der Waals surface area (Å²) in [4.78, 5) is 18.7. The van der Waals surface area contributed by atoms with Crippen LogP contribution in [0.4, 0.5) is 4.39 Å². The number of halogens is 1. The predicted molar refractivity (Wildman–Crippen MR) is 108 cm³/mol. The molecule has 0 N–H and O–H groups in total. The number of benzene rings is 2. The second-order valence-electron chi connectivity index (χ2n) is 6.94. The molecule has 0 spiro atoms. The SMILES string of the molecule is COc1ccc(-c2noc(C3CN(C(=O)CCOc4cccc(F)c4)CCO3)n2)cc1. The molecule has 3 aromatic rings. The van der Waals surface area contributed by atoms with Crippen LogP contribution in [0.5, 0.6) is 11.5 Å². The third kappa shape index (κ3) is 5.18. The molecule has 0 bridgehead atoms. The topological polar surface area (TPSA) is 86.9 Å². The van der Waals surface area contributed by atoms with Gasteiger partial charge in [0.15, 0.2) is 6.10 Å². The van der Waals surface area contributed by atoms with Crippen molar-refractivity contribution in [3.8, 4) is 22.9 Å². The van der Waals surface area contributed by atoms with Gasteiger partial charge < -0.3 is 23.6 Å². The van der Waals surface area contributed by atoms with Gasteiger partial charge in [-0.15, -0.1) is 0 Å². The van der Waals surface area contributed by atoms with E-state index in [2.05, 4.69) is 10.1 Å². The largest absolute Gasteiger partial charge is 0.497 e. The van der Waals surface area contributed by atoms with Crippen LogP contribution < -0.4 is 9.47 Å². The Morgan fingerprint density at radius 1 is 1.23 bits per heavy atom. The van der Waals surface area contributed by atoms with E-state index in [1.165, 1.54) is 12.1 Å². The standard InChI is InChI=1S/C22H22FN3O5/c1-28-17-7-5-15(6-8-17)21-24-22(31-25-21)19-14-26(10-12-30-19)20(27)9-11-29-18-4-2-3-16(23)13-18/h2-8,13,19H,9-12,14H2,1H3. The average molecular weight is 427 g/mol. The van der Waals surface area contributed by atoms with Gasteiger partial charge in [0, 0.05) is 18.2 Å². The Balaban J connectivity index is 1.32. The summed E-state index contributed by atoms with van der Waals surface area (Å²) in [5.74, 6) is 1.42. The molecule has 0 aliphatic carbocycles. The minimum atomic E-state index is -0.499. The van der Waals surface area contributed by atoms with E-state index in [9.17, 15) is 9.18 Å². The van der Waals surface area contributed by atoms with Crippen molar-refractivity contribution in [2.75, 3.05) is 33.4 Å². The maximum atomic E-state index is 13.2. The zero-order valence-corrected chi connectivity index (χ0v) is 17.0. The van der Waals surface area contributed by atoms with E-state index in [-0.39, 0.29) is 24.8 Å². The van der Waals surface area contributed by atoms with Gasteiger partial charge in [0.25, 0.3) is 5.89 Å². The van der Waals surface area contributed by atoms with Crippen molar-refractivity contribution in [1.29, 1.82) is 0 Å². The number of carbonyl (C=O) groups excluding carboxylic acids is 1. The molecular formula is C22H22FN3O5. The normalized spacial score (nSPS) is 16.2. The molecule has 2 heterocycles. The fraction of sp³-hybridized carbons (Fsp3) is 0.318. The van der Waals surface area contributed by atoms with Gasteiger partial charge in [-0.05, 0) is 36.4 Å². The fourth-order valence-electron chi connectivity index (χ4n) is 3.22. The van der Waals surface area contributed by atoms with E-state index in [0.717, 1.165) is 11.3 Å². The highest BCUT2D eigenvalue weighted by molar-refractivity contribution is 5.76. The number of morpholine rings is 1. The number of methoxy groups -OCH3 is 1.